The highest BCUT2D eigenvalue weighted by Crippen LogP contribution is 2.10. The van der Waals surface area contributed by atoms with Gasteiger partial charge in [0.2, 0.25) is 17.7 Å². The van der Waals surface area contributed by atoms with E-state index in [9.17, 15) is 29.4 Å². The Hall–Kier alpha value is -1.89. The second kappa shape index (κ2) is 15.0. The van der Waals surface area contributed by atoms with Gasteiger partial charge in [0.25, 0.3) is 0 Å². The molecule has 31 heavy (non-hydrogen) atoms. The van der Waals surface area contributed by atoms with E-state index in [0.717, 1.165) is 0 Å². The fourth-order valence-electron chi connectivity index (χ4n) is 2.65. The minimum Gasteiger partial charge on any atom is -0.480 e. The molecule has 0 radical (unpaired) electrons. The maximum absolute atomic E-state index is 12.8. The molecule has 0 aliphatic carbocycles. The van der Waals surface area contributed by atoms with Crippen LogP contribution in [0.15, 0.2) is 0 Å². The van der Waals surface area contributed by atoms with Gasteiger partial charge < -0.3 is 37.6 Å². The third kappa shape index (κ3) is 10.3. The molecule has 12 heteroatoms. The van der Waals surface area contributed by atoms with E-state index in [1.54, 1.807) is 6.92 Å². The van der Waals surface area contributed by atoms with Crippen molar-refractivity contribution >= 4 is 36.3 Å². The number of nitrogens with two attached hydrogens (primary N) is 2. The number of carbonyl (C=O) groups is 4. The quantitative estimate of drug-likeness (QED) is 0.104. The molecule has 0 rings (SSSR count). The van der Waals surface area contributed by atoms with Crippen LogP contribution in [0.25, 0.3) is 0 Å². The molecule has 11 nitrogen and oxygen atoms in total. The van der Waals surface area contributed by atoms with Crippen LogP contribution in [0.3, 0.4) is 0 Å². The first-order chi connectivity index (χ1) is 14.5. The largest absolute Gasteiger partial charge is 0.480 e. The molecule has 0 aliphatic heterocycles. The molecule has 0 fully saturated rings. The van der Waals surface area contributed by atoms with Gasteiger partial charge in [0.15, 0.2) is 0 Å². The Bertz CT molecular complexity index is 606. The number of amides is 3. The molecule has 180 valence electrons. The number of thiol groups is 1. The summed E-state index contributed by atoms with van der Waals surface area (Å²) in [5.41, 5.74) is 11.0. The molecule has 0 saturated carbocycles. The van der Waals surface area contributed by atoms with Crippen molar-refractivity contribution in [2.24, 2.45) is 17.4 Å². The Morgan fingerprint density at radius 1 is 0.968 bits per heavy atom. The second-order valence-electron chi connectivity index (χ2n) is 7.57. The lowest BCUT2D eigenvalue weighted by Crippen LogP contribution is -2.59. The van der Waals surface area contributed by atoms with Crippen LogP contribution in [0.4, 0.5) is 0 Å². The van der Waals surface area contributed by atoms with E-state index in [1.165, 1.54) is 6.92 Å². The minimum absolute atomic E-state index is 0.0736. The summed E-state index contributed by atoms with van der Waals surface area (Å²) < 4.78 is 0. The number of carboxylic acids is 1. The molecule has 6 atom stereocenters. The number of carbonyl (C=O) groups excluding carboxylic acids is 3. The molecule has 0 heterocycles. The Morgan fingerprint density at radius 2 is 1.55 bits per heavy atom. The average molecular weight is 464 g/mol. The number of carboxylic acid groups (broad SMARTS) is 1. The van der Waals surface area contributed by atoms with Crippen LogP contribution in [0, 0.1) is 5.92 Å². The minimum atomic E-state index is -1.23. The third-order valence-corrected chi connectivity index (χ3v) is 5.36. The zero-order valence-corrected chi connectivity index (χ0v) is 19.2. The molecule has 0 aromatic carbocycles. The summed E-state index contributed by atoms with van der Waals surface area (Å²) in [6.45, 7) is 5.33. The van der Waals surface area contributed by atoms with Gasteiger partial charge in [-0.3, -0.25) is 14.4 Å². The number of unbranched alkanes of at least 4 members (excludes halogenated alkanes) is 1. The van der Waals surface area contributed by atoms with E-state index in [1.807, 2.05) is 6.92 Å². The topological polar surface area (TPSA) is 197 Å². The summed E-state index contributed by atoms with van der Waals surface area (Å²) >= 11 is 4.06. The fraction of sp³-hybridized carbons (Fsp3) is 0.789. The van der Waals surface area contributed by atoms with Crippen molar-refractivity contribution in [3.8, 4) is 0 Å². The normalized spacial score (nSPS) is 16.9. The SMILES string of the molecule is CCC(C)C(NC(=O)C(CS)NC(=O)C(N)C(C)O)C(=O)NC(CCCCN)C(=O)O. The van der Waals surface area contributed by atoms with Crippen molar-refractivity contribution in [3.63, 3.8) is 0 Å². The van der Waals surface area contributed by atoms with Crippen LogP contribution in [-0.4, -0.2) is 76.5 Å². The summed E-state index contributed by atoms with van der Waals surface area (Å²) in [4.78, 5) is 49.0. The van der Waals surface area contributed by atoms with Gasteiger partial charge in [0.05, 0.1) is 6.10 Å². The van der Waals surface area contributed by atoms with Crippen molar-refractivity contribution in [1.29, 1.82) is 0 Å². The van der Waals surface area contributed by atoms with E-state index < -0.39 is 54.0 Å². The molecular weight excluding hydrogens is 426 g/mol. The van der Waals surface area contributed by atoms with Gasteiger partial charge in [-0.1, -0.05) is 20.3 Å². The van der Waals surface area contributed by atoms with E-state index in [-0.39, 0.29) is 18.1 Å². The lowest BCUT2D eigenvalue weighted by molar-refractivity contribution is -0.143. The highest BCUT2D eigenvalue weighted by molar-refractivity contribution is 7.80. The van der Waals surface area contributed by atoms with E-state index in [0.29, 0.717) is 25.8 Å². The number of hydrogen-bond donors (Lipinski definition) is 8. The molecule has 0 spiro atoms. The first-order valence-corrected chi connectivity index (χ1v) is 11.0. The Labute approximate surface area is 188 Å². The van der Waals surface area contributed by atoms with Gasteiger partial charge in [-0.25, -0.2) is 4.79 Å². The van der Waals surface area contributed by atoms with Gasteiger partial charge in [-0.15, -0.1) is 0 Å². The van der Waals surface area contributed by atoms with Crippen LogP contribution in [0.5, 0.6) is 0 Å². The molecule has 0 bridgehead atoms. The number of nitrogens with one attached hydrogen (secondary N) is 3. The van der Waals surface area contributed by atoms with Gasteiger partial charge in [-0.05, 0) is 38.6 Å². The average Bonchev–Trinajstić information content (AvgIpc) is 2.73. The summed E-state index contributed by atoms with van der Waals surface area (Å²) in [5, 5.41) is 26.2. The van der Waals surface area contributed by atoms with Crippen molar-refractivity contribution in [2.75, 3.05) is 12.3 Å². The van der Waals surface area contributed by atoms with Gasteiger partial charge in [0.1, 0.15) is 24.2 Å². The number of hydrogen-bond acceptors (Lipinski definition) is 8. The van der Waals surface area contributed by atoms with Gasteiger partial charge >= 0.3 is 5.97 Å². The van der Waals surface area contributed by atoms with Crippen LogP contribution in [-0.2, 0) is 19.2 Å². The molecule has 0 saturated heterocycles. The molecule has 9 N–H and O–H groups in total. The zero-order valence-electron chi connectivity index (χ0n) is 18.3. The summed E-state index contributed by atoms with van der Waals surface area (Å²) in [5.74, 6) is -3.59. The predicted octanol–water partition coefficient (Wildman–Crippen LogP) is -1.66. The Kier molecular flexibility index (Phi) is 14.1. The van der Waals surface area contributed by atoms with E-state index >= 15 is 0 Å². The highest BCUT2D eigenvalue weighted by Gasteiger charge is 2.32. The lowest BCUT2D eigenvalue weighted by atomic mass is 9.97. The van der Waals surface area contributed by atoms with Crippen molar-refractivity contribution in [3.05, 3.63) is 0 Å². The maximum atomic E-state index is 12.8. The molecule has 0 aliphatic rings. The maximum Gasteiger partial charge on any atom is 0.326 e. The number of rotatable bonds is 15. The van der Waals surface area contributed by atoms with Gasteiger partial charge in [-0.2, -0.15) is 12.6 Å². The summed E-state index contributed by atoms with van der Waals surface area (Å²) in [7, 11) is 0. The van der Waals surface area contributed by atoms with Crippen molar-refractivity contribution in [1.82, 2.24) is 16.0 Å². The first-order valence-electron chi connectivity index (χ1n) is 10.4. The number of aliphatic hydroxyl groups excluding tert-OH is 1. The molecular formula is C19H37N5O6S. The first kappa shape index (κ1) is 29.1. The van der Waals surface area contributed by atoms with Crippen LogP contribution in [0.2, 0.25) is 0 Å². The molecule has 0 aromatic rings. The van der Waals surface area contributed by atoms with Crippen molar-refractivity contribution < 1.29 is 29.4 Å². The molecule has 0 aromatic heterocycles. The monoisotopic (exact) mass is 463 g/mol. The van der Waals surface area contributed by atoms with Gasteiger partial charge in [0, 0.05) is 5.75 Å². The predicted molar refractivity (Wildman–Crippen MR) is 119 cm³/mol. The van der Waals surface area contributed by atoms with E-state index in [4.69, 9.17) is 11.5 Å². The zero-order chi connectivity index (χ0) is 24.1. The van der Waals surface area contributed by atoms with Crippen molar-refractivity contribution in [2.45, 2.75) is 76.7 Å². The number of aliphatic hydroxyl groups is 1. The van der Waals surface area contributed by atoms with Crippen LogP contribution >= 0.6 is 12.6 Å². The summed E-state index contributed by atoms with van der Waals surface area (Å²) in [6.07, 6.45) is 0.795. The van der Waals surface area contributed by atoms with Crippen LogP contribution < -0.4 is 27.4 Å². The van der Waals surface area contributed by atoms with Crippen LogP contribution in [0.1, 0.15) is 46.5 Å². The Morgan fingerprint density at radius 3 is 2.00 bits per heavy atom. The summed E-state index contributed by atoms with van der Waals surface area (Å²) in [6, 6.07) is -4.45. The third-order valence-electron chi connectivity index (χ3n) is 4.99. The fourth-order valence-corrected chi connectivity index (χ4v) is 2.91. The molecule has 3 amide bonds. The lowest BCUT2D eigenvalue weighted by Gasteiger charge is -2.28. The smallest absolute Gasteiger partial charge is 0.326 e. The molecule has 6 unspecified atom stereocenters. The highest BCUT2D eigenvalue weighted by atomic mass is 32.1. The number of aliphatic carboxylic acids is 1. The van der Waals surface area contributed by atoms with E-state index in [2.05, 4.69) is 28.6 Å². The Balaban J connectivity index is 5.28. The second-order valence-corrected chi connectivity index (χ2v) is 7.93. The standard InChI is InChI=1S/C19H37N5O6S/c1-4-10(2)15(18(28)22-12(19(29)30)7-5-6-8-20)24-16(26)13(9-31)23-17(27)14(21)11(3)25/h10-15,25,31H,4-9,20-21H2,1-3H3,(H,22,28)(H,23,27)(H,24,26)(H,29,30).